The van der Waals surface area contributed by atoms with Crippen LogP contribution >= 0.6 is 0 Å². The Morgan fingerprint density at radius 1 is 1.06 bits per heavy atom. The summed E-state index contributed by atoms with van der Waals surface area (Å²) in [4.78, 5) is 10.9. The summed E-state index contributed by atoms with van der Waals surface area (Å²) < 4.78 is 10.3. The minimum atomic E-state index is -0.343. The van der Waals surface area contributed by atoms with Crippen LogP contribution < -0.4 is 9.47 Å². The summed E-state index contributed by atoms with van der Waals surface area (Å²) in [5.74, 6) is 0.883. The average molecular weight is 218 g/mol. The van der Waals surface area contributed by atoms with Crippen LogP contribution in [0.5, 0.6) is 11.5 Å². The quantitative estimate of drug-likeness (QED) is 0.779. The van der Waals surface area contributed by atoms with Crippen molar-refractivity contribution in [3.05, 3.63) is 29.8 Å². The number of rotatable bonds is 3. The van der Waals surface area contributed by atoms with E-state index in [1.807, 2.05) is 0 Å². The number of ether oxygens (including phenoxy) is 2. The summed E-state index contributed by atoms with van der Waals surface area (Å²) in [5, 5.41) is 7.17. The maximum absolute atomic E-state index is 10.9. The predicted molar refractivity (Wildman–Crippen MR) is 57.4 cm³/mol. The van der Waals surface area contributed by atoms with Crippen molar-refractivity contribution in [3.63, 3.8) is 0 Å². The topological polar surface area (TPSA) is 60.2 Å². The summed E-state index contributed by atoms with van der Waals surface area (Å²) in [6.45, 7) is 0. The number of benzene rings is 1. The molecule has 0 aliphatic carbocycles. The third kappa shape index (κ3) is 1.79. The molecule has 0 bridgehead atoms. The van der Waals surface area contributed by atoms with Gasteiger partial charge in [-0.05, 0) is 18.2 Å². The van der Waals surface area contributed by atoms with Crippen LogP contribution in [0.3, 0.4) is 0 Å². The van der Waals surface area contributed by atoms with Gasteiger partial charge in [0.05, 0.1) is 19.9 Å². The maximum Gasteiger partial charge on any atom is 0.290 e. The van der Waals surface area contributed by atoms with Crippen LogP contribution in [0.1, 0.15) is 5.56 Å². The number of hydrogen-bond acceptors (Lipinski definition) is 4. The van der Waals surface area contributed by atoms with Crippen LogP contribution in [0.15, 0.2) is 34.5 Å². The van der Waals surface area contributed by atoms with E-state index in [1.54, 1.807) is 32.4 Å². The van der Waals surface area contributed by atoms with Crippen molar-refractivity contribution >= 4 is 11.6 Å². The van der Waals surface area contributed by atoms with Crippen LogP contribution in [0.4, 0.5) is 0 Å². The van der Waals surface area contributed by atoms with E-state index in [4.69, 9.17) is 9.47 Å². The summed E-state index contributed by atoms with van der Waals surface area (Å²) in [7, 11) is 3.12. The zero-order chi connectivity index (χ0) is 11.5. The highest BCUT2D eigenvalue weighted by Gasteiger charge is 2.12. The fraction of sp³-hybridized carbons (Fsp3) is 0.182. The molecule has 1 aromatic rings. The first-order valence-electron chi connectivity index (χ1n) is 4.64. The predicted octanol–water partition coefficient (Wildman–Crippen LogP) is 2.04. The van der Waals surface area contributed by atoms with Crippen LogP contribution in [0.2, 0.25) is 0 Å². The number of azo groups is 1. The van der Waals surface area contributed by atoms with E-state index in [0.29, 0.717) is 17.2 Å². The van der Waals surface area contributed by atoms with Gasteiger partial charge in [0.25, 0.3) is 5.91 Å². The molecule has 2 rings (SSSR count). The number of carbonyl (C=O) groups is 1. The molecular formula is C11H10N2O3. The molecule has 1 amide bonds. The molecule has 1 aliphatic rings. The number of amides is 1. The monoisotopic (exact) mass is 218 g/mol. The lowest BCUT2D eigenvalue weighted by atomic mass is 10.1. The van der Waals surface area contributed by atoms with Crippen molar-refractivity contribution in [3.8, 4) is 11.5 Å². The van der Waals surface area contributed by atoms with Crippen molar-refractivity contribution in [1.82, 2.24) is 0 Å². The molecule has 0 spiro atoms. The van der Waals surface area contributed by atoms with Crippen LogP contribution in [-0.2, 0) is 4.79 Å². The summed E-state index contributed by atoms with van der Waals surface area (Å²) >= 11 is 0. The van der Waals surface area contributed by atoms with Gasteiger partial charge in [-0.15, -0.1) is 10.2 Å². The first kappa shape index (κ1) is 10.4. The highest BCUT2D eigenvalue weighted by atomic mass is 16.5. The van der Waals surface area contributed by atoms with E-state index in [2.05, 4.69) is 10.2 Å². The van der Waals surface area contributed by atoms with E-state index >= 15 is 0 Å². The normalized spacial score (nSPS) is 13.9. The highest BCUT2D eigenvalue weighted by molar-refractivity contribution is 5.98. The summed E-state index contributed by atoms with van der Waals surface area (Å²) in [6.07, 6.45) is 1.38. The Hall–Kier alpha value is -2.17. The van der Waals surface area contributed by atoms with Crippen molar-refractivity contribution in [1.29, 1.82) is 0 Å². The van der Waals surface area contributed by atoms with Crippen LogP contribution in [0.25, 0.3) is 5.70 Å². The molecule has 0 saturated carbocycles. The average Bonchev–Trinajstić information content (AvgIpc) is 2.75. The van der Waals surface area contributed by atoms with Gasteiger partial charge in [0.2, 0.25) is 0 Å². The van der Waals surface area contributed by atoms with Gasteiger partial charge in [-0.3, -0.25) is 4.79 Å². The lowest BCUT2D eigenvalue weighted by Crippen LogP contribution is -1.91. The number of methoxy groups -OCH3 is 2. The first-order chi connectivity index (χ1) is 7.74. The molecule has 5 heteroatoms. The van der Waals surface area contributed by atoms with Crippen LogP contribution in [-0.4, -0.2) is 20.1 Å². The molecule has 0 aromatic heterocycles. The minimum Gasteiger partial charge on any atom is -0.493 e. The standard InChI is InChI=1S/C11H10N2O3/c1-15-9-4-3-7(5-10(9)16-2)8-6-11(14)13-12-8/h3-6H,1-2H3. The van der Waals surface area contributed by atoms with E-state index in [0.717, 1.165) is 5.56 Å². The third-order valence-electron chi connectivity index (χ3n) is 2.20. The fourth-order valence-corrected chi connectivity index (χ4v) is 1.41. The van der Waals surface area contributed by atoms with Gasteiger partial charge in [0, 0.05) is 11.6 Å². The Bertz CT molecular complexity index is 492. The molecule has 1 heterocycles. The molecule has 0 N–H and O–H groups in total. The molecule has 0 unspecified atom stereocenters. The second-order valence-electron chi connectivity index (χ2n) is 3.14. The smallest absolute Gasteiger partial charge is 0.290 e. The molecule has 0 saturated heterocycles. The number of hydrogen-bond donors (Lipinski definition) is 0. The Morgan fingerprint density at radius 2 is 1.81 bits per heavy atom. The first-order valence-corrected chi connectivity index (χ1v) is 4.64. The number of nitrogens with zero attached hydrogens (tertiary/aromatic N) is 2. The third-order valence-corrected chi connectivity index (χ3v) is 2.20. The molecule has 5 nitrogen and oxygen atoms in total. The van der Waals surface area contributed by atoms with Crippen LogP contribution in [0, 0.1) is 0 Å². The van der Waals surface area contributed by atoms with Crippen molar-refractivity contribution in [2.24, 2.45) is 10.2 Å². The van der Waals surface area contributed by atoms with E-state index in [-0.39, 0.29) is 5.91 Å². The zero-order valence-corrected chi connectivity index (χ0v) is 8.93. The largest absolute Gasteiger partial charge is 0.493 e. The number of carbonyl (C=O) groups excluding carboxylic acids is 1. The Labute approximate surface area is 92.4 Å². The second-order valence-corrected chi connectivity index (χ2v) is 3.14. The molecule has 82 valence electrons. The van der Waals surface area contributed by atoms with Gasteiger partial charge in [0.1, 0.15) is 0 Å². The summed E-state index contributed by atoms with van der Waals surface area (Å²) in [6, 6.07) is 5.31. The van der Waals surface area contributed by atoms with E-state index in [1.165, 1.54) is 6.08 Å². The highest BCUT2D eigenvalue weighted by Crippen LogP contribution is 2.31. The van der Waals surface area contributed by atoms with Gasteiger partial charge in [-0.1, -0.05) is 0 Å². The van der Waals surface area contributed by atoms with Gasteiger partial charge >= 0.3 is 0 Å². The maximum atomic E-state index is 10.9. The summed E-state index contributed by atoms with van der Waals surface area (Å²) in [5.41, 5.74) is 1.30. The van der Waals surface area contributed by atoms with Crippen molar-refractivity contribution in [2.45, 2.75) is 0 Å². The molecule has 1 aromatic carbocycles. The van der Waals surface area contributed by atoms with Gasteiger partial charge in [0.15, 0.2) is 11.5 Å². The second kappa shape index (κ2) is 4.14. The lowest BCUT2D eigenvalue weighted by Gasteiger charge is -2.08. The van der Waals surface area contributed by atoms with Crippen molar-refractivity contribution < 1.29 is 14.3 Å². The molecule has 1 aliphatic heterocycles. The molecule has 0 radical (unpaired) electrons. The van der Waals surface area contributed by atoms with E-state index < -0.39 is 0 Å². The Morgan fingerprint density at radius 3 is 2.38 bits per heavy atom. The van der Waals surface area contributed by atoms with Crippen molar-refractivity contribution in [2.75, 3.05) is 14.2 Å². The fourth-order valence-electron chi connectivity index (χ4n) is 1.41. The lowest BCUT2D eigenvalue weighted by molar-refractivity contribution is -0.113. The van der Waals surface area contributed by atoms with Gasteiger partial charge in [-0.25, -0.2) is 0 Å². The van der Waals surface area contributed by atoms with Gasteiger partial charge < -0.3 is 9.47 Å². The molecule has 0 atom stereocenters. The Kier molecular flexibility index (Phi) is 2.68. The Balaban J connectivity index is 2.40. The zero-order valence-electron chi connectivity index (χ0n) is 8.93. The van der Waals surface area contributed by atoms with Gasteiger partial charge in [-0.2, -0.15) is 0 Å². The SMILES string of the molecule is COc1ccc(C2=CC(=O)N=N2)cc1OC. The minimum absolute atomic E-state index is 0.343. The molecular weight excluding hydrogens is 208 g/mol. The molecule has 0 fully saturated rings. The molecule has 16 heavy (non-hydrogen) atoms. The van der Waals surface area contributed by atoms with E-state index in [9.17, 15) is 4.79 Å².